The van der Waals surface area contributed by atoms with E-state index in [-0.39, 0.29) is 30.9 Å². The van der Waals surface area contributed by atoms with E-state index < -0.39 is 5.91 Å². The van der Waals surface area contributed by atoms with E-state index in [9.17, 15) is 19.5 Å². The number of aliphatic hydroxyl groups excluding tert-OH is 1. The van der Waals surface area contributed by atoms with Gasteiger partial charge in [0.25, 0.3) is 11.8 Å². The first-order valence-electron chi connectivity index (χ1n) is 11.4. The van der Waals surface area contributed by atoms with Gasteiger partial charge in [0.05, 0.1) is 23.3 Å². The second-order valence-corrected chi connectivity index (χ2v) is 8.54. The Morgan fingerprint density at radius 1 is 1.23 bits per heavy atom. The van der Waals surface area contributed by atoms with Gasteiger partial charge in [-0.05, 0) is 36.2 Å². The highest BCUT2D eigenvalue weighted by atomic mass is 16.5. The van der Waals surface area contributed by atoms with Gasteiger partial charge >= 0.3 is 0 Å². The van der Waals surface area contributed by atoms with Gasteiger partial charge in [-0.1, -0.05) is 30.3 Å². The molecule has 1 unspecified atom stereocenters. The molecule has 3 aromatic rings. The van der Waals surface area contributed by atoms with Crippen LogP contribution in [0, 0.1) is 0 Å². The van der Waals surface area contributed by atoms with Gasteiger partial charge in [-0.25, -0.2) is 0 Å². The molecule has 0 bridgehead atoms. The van der Waals surface area contributed by atoms with Crippen molar-refractivity contribution in [3.63, 3.8) is 0 Å². The number of amides is 2. The third-order valence-corrected chi connectivity index (χ3v) is 6.17. The second kappa shape index (κ2) is 11.1. The maximum atomic E-state index is 13.2. The number of nitrogens with one attached hydrogen (secondary N) is 1. The summed E-state index contributed by atoms with van der Waals surface area (Å²) in [6, 6.07) is 16.3. The van der Waals surface area contributed by atoms with Crippen molar-refractivity contribution in [2.75, 3.05) is 38.6 Å². The molecule has 0 aliphatic carbocycles. The van der Waals surface area contributed by atoms with Crippen LogP contribution in [0.2, 0.25) is 0 Å². The van der Waals surface area contributed by atoms with Crippen molar-refractivity contribution in [2.45, 2.75) is 18.6 Å². The van der Waals surface area contributed by atoms with E-state index in [2.05, 4.69) is 15.2 Å². The van der Waals surface area contributed by atoms with Gasteiger partial charge in [0, 0.05) is 38.3 Å². The lowest BCUT2D eigenvalue weighted by Crippen LogP contribution is -2.40. The molecule has 0 saturated carbocycles. The molecule has 182 valence electrons. The molecule has 1 aromatic heterocycles. The Kier molecular flexibility index (Phi) is 7.69. The predicted octanol–water partition coefficient (Wildman–Crippen LogP) is 2.02. The summed E-state index contributed by atoms with van der Waals surface area (Å²) in [6.07, 6.45) is 2.16. The highest BCUT2D eigenvalue weighted by Crippen LogP contribution is 2.30. The number of carbonyl (C=O) groups is 3. The fraction of sp³-hybridized carbons (Fsp3) is 0.308. The third-order valence-electron chi connectivity index (χ3n) is 6.17. The molecule has 0 radical (unpaired) electrons. The molecule has 4 rings (SSSR count). The third kappa shape index (κ3) is 5.82. The SMILES string of the molecule is CN(C(=O)COc1ccc(NC(=O)C=O)c2ncccc12)C(CN1CC[C@H](O)C1)c1ccccc1. The molecule has 1 fully saturated rings. The van der Waals surface area contributed by atoms with Crippen LogP contribution in [0.1, 0.15) is 18.0 Å². The highest BCUT2D eigenvalue weighted by molar-refractivity contribution is 6.30. The molecule has 2 amide bonds. The number of nitrogens with zero attached hydrogens (tertiary/aromatic N) is 3. The molecule has 1 aliphatic heterocycles. The molecule has 1 aliphatic rings. The molecule has 0 spiro atoms. The van der Waals surface area contributed by atoms with Crippen molar-refractivity contribution in [2.24, 2.45) is 0 Å². The largest absolute Gasteiger partial charge is 0.483 e. The number of aliphatic hydroxyl groups is 1. The molecule has 2 aromatic carbocycles. The smallest absolute Gasteiger partial charge is 0.288 e. The summed E-state index contributed by atoms with van der Waals surface area (Å²) in [4.78, 5) is 43.6. The van der Waals surface area contributed by atoms with Crippen LogP contribution in [0.3, 0.4) is 0 Å². The summed E-state index contributed by atoms with van der Waals surface area (Å²) in [7, 11) is 1.76. The first-order valence-corrected chi connectivity index (χ1v) is 11.4. The summed E-state index contributed by atoms with van der Waals surface area (Å²) < 4.78 is 5.89. The van der Waals surface area contributed by atoms with Crippen LogP contribution >= 0.6 is 0 Å². The van der Waals surface area contributed by atoms with Crippen LogP contribution in [-0.2, 0) is 14.4 Å². The molecular formula is C26H28N4O5. The van der Waals surface area contributed by atoms with Crippen molar-refractivity contribution < 1.29 is 24.2 Å². The maximum Gasteiger partial charge on any atom is 0.288 e. The number of aromatic nitrogens is 1. The maximum absolute atomic E-state index is 13.2. The minimum atomic E-state index is -0.778. The minimum absolute atomic E-state index is 0.188. The van der Waals surface area contributed by atoms with Crippen LogP contribution in [0.15, 0.2) is 60.8 Å². The Morgan fingerprint density at radius 3 is 2.74 bits per heavy atom. The van der Waals surface area contributed by atoms with Crippen molar-refractivity contribution >= 4 is 34.7 Å². The Hall–Kier alpha value is -3.82. The number of hydrogen-bond acceptors (Lipinski definition) is 7. The van der Waals surface area contributed by atoms with Gasteiger partial charge in [-0.15, -0.1) is 0 Å². The lowest BCUT2D eigenvalue weighted by Gasteiger charge is -2.32. The Balaban J connectivity index is 1.50. The van der Waals surface area contributed by atoms with E-state index in [1.165, 1.54) is 0 Å². The molecule has 2 heterocycles. The zero-order chi connectivity index (χ0) is 24.8. The summed E-state index contributed by atoms with van der Waals surface area (Å²) in [5.41, 5.74) is 1.84. The van der Waals surface area contributed by atoms with Gasteiger partial charge in [-0.3, -0.25) is 24.3 Å². The number of hydrogen-bond donors (Lipinski definition) is 2. The van der Waals surface area contributed by atoms with E-state index in [1.807, 2.05) is 30.3 Å². The molecule has 9 heteroatoms. The fourth-order valence-electron chi connectivity index (χ4n) is 4.30. The summed E-state index contributed by atoms with van der Waals surface area (Å²) >= 11 is 0. The number of pyridine rings is 1. The number of ether oxygens (including phenoxy) is 1. The van der Waals surface area contributed by atoms with Gasteiger partial charge in [-0.2, -0.15) is 0 Å². The number of fused-ring (bicyclic) bond motifs is 1. The van der Waals surface area contributed by atoms with Gasteiger partial charge in [0.1, 0.15) is 5.75 Å². The first kappa shape index (κ1) is 24.3. The number of rotatable bonds is 9. The number of likely N-dealkylation sites (N-methyl/N-ethyl adjacent to an activating group) is 1. The van der Waals surface area contributed by atoms with Gasteiger partial charge < -0.3 is 20.1 Å². The Bertz CT molecular complexity index is 1200. The molecule has 9 nitrogen and oxygen atoms in total. The van der Waals surface area contributed by atoms with E-state index in [0.717, 1.165) is 18.5 Å². The van der Waals surface area contributed by atoms with Crippen LogP contribution in [0.25, 0.3) is 10.9 Å². The second-order valence-electron chi connectivity index (χ2n) is 8.54. The number of anilines is 1. The predicted molar refractivity (Wildman–Crippen MR) is 131 cm³/mol. The van der Waals surface area contributed by atoms with Crippen molar-refractivity contribution in [1.29, 1.82) is 0 Å². The van der Waals surface area contributed by atoms with E-state index in [4.69, 9.17) is 4.74 Å². The topological polar surface area (TPSA) is 112 Å². The van der Waals surface area contributed by atoms with Gasteiger partial charge in [0.15, 0.2) is 6.61 Å². The molecule has 1 saturated heterocycles. The normalized spacial score (nSPS) is 16.6. The summed E-state index contributed by atoms with van der Waals surface area (Å²) in [6.45, 7) is 1.80. The van der Waals surface area contributed by atoms with Crippen molar-refractivity contribution in [3.8, 4) is 5.75 Å². The Labute approximate surface area is 203 Å². The number of likely N-dealkylation sites (tertiary alicyclic amines) is 1. The number of aldehydes is 1. The molecule has 2 N–H and O–H groups in total. The first-order chi connectivity index (χ1) is 17.0. The standard InChI is InChI=1S/C26H28N4O5/c1-29(22(18-6-3-2-4-7-18)15-30-13-11-19(32)14-30)25(34)17-35-23-10-9-21(28-24(33)16-31)26-20(23)8-5-12-27-26/h2-10,12,16,19,22,32H,11,13-15,17H2,1H3,(H,28,33)/t19-,22?/m0/s1. The minimum Gasteiger partial charge on any atom is -0.483 e. The van der Waals surface area contributed by atoms with Crippen molar-refractivity contribution in [3.05, 3.63) is 66.4 Å². The van der Waals surface area contributed by atoms with Crippen LogP contribution in [0.4, 0.5) is 5.69 Å². The van der Waals surface area contributed by atoms with Gasteiger partial charge in [0.2, 0.25) is 6.29 Å². The lowest BCUT2D eigenvalue weighted by atomic mass is 10.0. The monoisotopic (exact) mass is 476 g/mol. The Morgan fingerprint density at radius 2 is 2.03 bits per heavy atom. The quantitative estimate of drug-likeness (QED) is 0.359. The number of β-amino-alcohol motifs (C(OH)–C–C–N with tert-alkyl or cyclic N) is 1. The average Bonchev–Trinajstić information content (AvgIpc) is 3.31. The van der Waals surface area contributed by atoms with E-state index >= 15 is 0 Å². The lowest BCUT2D eigenvalue weighted by molar-refractivity contribution is -0.134. The summed E-state index contributed by atoms with van der Waals surface area (Å²) in [5, 5.41) is 13.0. The molecular weight excluding hydrogens is 448 g/mol. The zero-order valence-electron chi connectivity index (χ0n) is 19.5. The number of carbonyl (C=O) groups excluding carboxylic acids is 3. The molecule has 35 heavy (non-hydrogen) atoms. The molecule has 2 atom stereocenters. The number of benzene rings is 2. The zero-order valence-corrected chi connectivity index (χ0v) is 19.5. The van der Waals surface area contributed by atoms with Crippen LogP contribution in [-0.4, -0.2) is 77.4 Å². The average molecular weight is 477 g/mol. The van der Waals surface area contributed by atoms with Crippen LogP contribution < -0.4 is 10.1 Å². The highest BCUT2D eigenvalue weighted by Gasteiger charge is 2.28. The summed E-state index contributed by atoms with van der Waals surface area (Å²) in [5.74, 6) is -0.535. The van der Waals surface area contributed by atoms with Crippen molar-refractivity contribution in [1.82, 2.24) is 14.8 Å². The van der Waals surface area contributed by atoms with E-state index in [1.54, 1.807) is 42.4 Å². The van der Waals surface area contributed by atoms with Crippen LogP contribution in [0.5, 0.6) is 5.75 Å². The fourth-order valence-corrected chi connectivity index (χ4v) is 4.30. The van der Waals surface area contributed by atoms with E-state index in [0.29, 0.717) is 35.4 Å².